The van der Waals surface area contributed by atoms with E-state index >= 15 is 0 Å². The lowest BCUT2D eigenvalue weighted by atomic mass is 10.3. The van der Waals surface area contributed by atoms with E-state index < -0.39 is 0 Å². The Balaban J connectivity index is 0.00000180. The molecule has 0 bridgehead atoms. The third-order valence-electron chi connectivity index (χ3n) is 2.90. The minimum absolute atomic E-state index is 0. The van der Waals surface area contributed by atoms with Gasteiger partial charge in [-0.05, 0) is 18.6 Å². The number of benzene rings is 1. The predicted molar refractivity (Wildman–Crippen MR) is 81.4 cm³/mol. The van der Waals surface area contributed by atoms with Crippen LogP contribution in [0.1, 0.15) is 6.42 Å². The summed E-state index contributed by atoms with van der Waals surface area (Å²) < 4.78 is 0. The lowest BCUT2D eigenvalue weighted by molar-refractivity contribution is -0.117. The van der Waals surface area contributed by atoms with Crippen molar-refractivity contribution in [2.24, 2.45) is 5.73 Å². The van der Waals surface area contributed by atoms with Gasteiger partial charge in [-0.25, -0.2) is 0 Å². The number of nitrogens with two attached hydrogens (primary N) is 1. The smallest absolute Gasteiger partial charge is 0.238 e. The molecular formula is C12H16Cl3N3O. The van der Waals surface area contributed by atoms with Crippen LogP contribution in [0.25, 0.3) is 0 Å². The zero-order valence-electron chi connectivity index (χ0n) is 10.2. The van der Waals surface area contributed by atoms with Crippen LogP contribution >= 0.6 is 35.6 Å². The summed E-state index contributed by atoms with van der Waals surface area (Å²) in [6.07, 6.45) is 0.931. The molecule has 2 rings (SSSR count). The van der Waals surface area contributed by atoms with Crippen LogP contribution in [0, 0.1) is 0 Å². The van der Waals surface area contributed by atoms with Crippen LogP contribution in [-0.2, 0) is 4.79 Å². The van der Waals surface area contributed by atoms with Gasteiger partial charge in [-0.2, -0.15) is 0 Å². The van der Waals surface area contributed by atoms with Crippen LogP contribution in [0.4, 0.5) is 5.69 Å². The molecule has 3 N–H and O–H groups in total. The molecule has 0 aromatic heterocycles. The van der Waals surface area contributed by atoms with Crippen molar-refractivity contribution in [2.45, 2.75) is 12.5 Å². The van der Waals surface area contributed by atoms with Crippen molar-refractivity contribution in [3.63, 3.8) is 0 Å². The average Bonchev–Trinajstić information content (AvgIpc) is 2.69. The van der Waals surface area contributed by atoms with Crippen LogP contribution in [0.2, 0.25) is 10.0 Å². The highest BCUT2D eigenvalue weighted by atomic mass is 35.5. The Labute approximate surface area is 128 Å². The van der Waals surface area contributed by atoms with Crippen LogP contribution in [0.5, 0.6) is 0 Å². The number of likely N-dealkylation sites (tertiary alicyclic amines) is 1. The van der Waals surface area contributed by atoms with Gasteiger partial charge >= 0.3 is 0 Å². The molecule has 1 amide bonds. The second-order valence-electron chi connectivity index (χ2n) is 4.43. The van der Waals surface area contributed by atoms with Crippen molar-refractivity contribution in [3.05, 3.63) is 28.2 Å². The molecular weight excluding hydrogens is 309 g/mol. The molecule has 4 nitrogen and oxygen atoms in total. The van der Waals surface area contributed by atoms with Crippen molar-refractivity contribution in [1.29, 1.82) is 0 Å². The number of para-hydroxylation sites is 1. The Hall–Kier alpha value is -0.520. The maximum Gasteiger partial charge on any atom is 0.238 e. The van der Waals surface area contributed by atoms with Gasteiger partial charge in [0.15, 0.2) is 0 Å². The monoisotopic (exact) mass is 323 g/mol. The minimum Gasteiger partial charge on any atom is -0.326 e. The molecule has 0 aliphatic carbocycles. The number of hydrogen-bond donors (Lipinski definition) is 2. The molecule has 1 aliphatic rings. The molecule has 1 saturated heterocycles. The maximum atomic E-state index is 11.9. The largest absolute Gasteiger partial charge is 0.326 e. The summed E-state index contributed by atoms with van der Waals surface area (Å²) in [5.41, 5.74) is 6.25. The van der Waals surface area contributed by atoms with Crippen molar-refractivity contribution >= 4 is 47.2 Å². The van der Waals surface area contributed by atoms with E-state index in [0.717, 1.165) is 19.5 Å². The fourth-order valence-electron chi connectivity index (χ4n) is 2.01. The quantitative estimate of drug-likeness (QED) is 0.897. The number of anilines is 1. The van der Waals surface area contributed by atoms with E-state index in [2.05, 4.69) is 5.32 Å². The lowest BCUT2D eigenvalue weighted by Crippen LogP contribution is -2.33. The van der Waals surface area contributed by atoms with Crippen molar-refractivity contribution in [2.75, 3.05) is 25.0 Å². The number of carbonyl (C=O) groups is 1. The summed E-state index contributed by atoms with van der Waals surface area (Å²) in [5, 5.41) is 3.61. The molecule has 7 heteroatoms. The zero-order chi connectivity index (χ0) is 13.1. The zero-order valence-corrected chi connectivity index (χ0v) is 12.6. The van der Waals surface area contributed by atoms with Gasteiger partial charge in [0.25, 0.3) is 0 Å². The normalized spacial score (nSPS) is 19.0. The highest BCUT2D eigenvalue weighted by molar-refractivity contribution is 6.39. The first-order valence-electron chi connectivity index (χ1n) is 5.78. The number of nitrogens with one attached hydrogen (secondary N) is 1. The fourth-order valence-corrected chi connectivity index (χ4v) is 2.50. The topological polar surface area (TPSA) is 58.4 Å². The number of nitrogens with zero attached hydrogens (tertiary/aromatic N) is 1. The van der Waals surface area contributed by atoms with Gasteiger partial charge in [-0.1, -0.05) is 29.3 Å². The molecule has 1 atom stereocenters. The Morgan fingerprint density at radius 2 is 2.05 bits per heavy atom. The first-order chi connectivity index (χ1) is 8.56. The molecule has 1 heterocycles. The Kier molecular flexibility index (Phi) is 6.36. The van der Waals surface area contributed by atoms with E-state index in [0.29, 0.717) is 22.3 Å². The van der Waals surface area contributed by atoms with Gasteiger partial charge in [0.05, 0.1) is 22.3 Å². The molecule has 1 aliphatic heterocycles. The molecule has 19 heavy (non-hydrogen) atoms. The molecule has 106 valence electrons. The Morgan fingerprint density at radius 1 is 1.42 bits per heavy atom. The Bertz CT molecular complexity index is 436. The van der Waals surface area contributed by atoms with Gasteiger partial charge in [-0.15, -0.1) is 12.4 Å². The van der Waals surface area contributed by atoms with Crippen LogP contribution < -0.4 is 11.1 Å². The SMILES string of the molecule is Cl.NC1CCN(CC(=O)Nc2c(Cl)cccc2Cl)C1. The van der Waals surface area contributed by atoms with Crippen LogP contribution in [-0.4, -0.2) is 36.5 Å². The van der Waals surface area contributed by atoms with Crippen LogP contribution in [0.3, 0.4) is 0 Å². The second-order valence-corrected chi connectivity index (χ2v) is 5.24. The molecule has 0 radical (unpaired) electrons. The van der Waals surface area contributed by atoms with E-state index in [9.17, 15) is 4.79 Å². The summed E-state index contributed by atoms with van der Waals surface area (Å²) >= 11 is 12.0. The van der Waals surface area contributed by atoms with Gasteiger partial charge in [0, 0.05) is 19.1 Å². The third-order valence-corrected chi connectivity index (χ3v) is 3.53. The summed E-state index contributed by atoms with van der Waals surface area (Å²) in [6, 6.07) is 5.28. The molecule has 1 aromatic rings. The lowest BCUT2D eigenvalue weighted by Gasteiger charge is -2.15. The number of halogens is 3. The summed E-state index contributed by atoms with van der Waals surface area (Å²) in [5.74, 6) is -0.126. The van der Waals surface area contributed by atoms with Gasteiger partial charge in [-0.3, -0.25) is 9.69 Å². The third kappa shape index (κ3) is 4.51. The molecule has 1 unspecified atom stereocenters. The number of hydrogen-bond acceptors (Lipinski definition) is 3. The number of amides is 1. The Morgan fingerprint density at radius 3 is 2.58 bits per heavy atom. The first kappa shape index (κ1) is 16.5. The van der Waals surface area contributed by atoms with Gasteiger partial charge in [0.2, 0.25) is 5.91 Å². The molecule has 0 spiro atoms. The van der Waals surface area contributed by atoms with E-state index in [1.165, 1.54) is 0 Å². The van der Waals surface area contributed by atoms with Crippen molar-refractivity contribution < 1.29 is 4.79 Å². The maximum absolute atomic E-state index is 11.9. The highest BCUT2D eigenvalue weighted by Gasteiger charge is 2.21. The van der Waals surface area contributed by atoms with E-state index in [4.69, 9.17) is 28.9 Å². The minimum atomic E-state index is -0.126. The average molecular weight is 325 g/mol. The second kappa shape index (κ2) is 7.31. The van der Waals surface area contributed by atoms with Gasteiger partial charge in [0.1, 0.15) is 0 Å². The van der Waals surface area contributed by atoms with Crippen LogP contribution in [0.15, 0.2) is 18.2 Å². The fraction of sp³-hybridized carbons (Fsp3) is 0.417. The summed E-state index contributed by atoms with van der Waals surface area (Å²) in [7, 11) is 0. The highest BCUT2D eigenvalue weighted by Crippen LogP contribution is 2.29. The van der Waals surface area contributed by atoms with Crippen molar-refractivity contribution in [3.8, 4) is 0 Å². The van der Waals surface area contributed by atoms with E-state index in [1.807, 2.05) is 4.90 Å². The van der Waals surface area contributed by atoms with E-state index in [1.54, 1.807) is 18.2 Å². The number of rotatable bonds is 3. The molecule has 1 aromatic carbocycles. The van der Waals surface area contributed by atoms with Gasteiger partial charge < -0.3 is 11.1 Å². The summed E-state index contributed by atoms with van der Waals surface area (Å²) in [6.45, 7) is 1.92. The number of carbonyl (C=O) groups excluding carboxylic acids is 1. The van der Waals surface area contributed by atoms with Crippen molar-refractivity contribution in [1.82, 2.24) is 4.90 Å². The first-order valence-corrected chi connectivity index (χ1v) is 6.53. The molecule has 1 fully saturated rings. The summed E-state index contributed by atoms with van der Waals surface area (Å²) in [4.78, 5) is 13.9. The van der Waals surface area contributed by atoms with E-state index in [-0.39, 0.29) is 24.4 Å². The standard InChI is InChI=1S/C12H15Cl2N3O.ClH/c13-9-2-1-3-10(14)12(9)16-11(18)7-17-5-4-8(15)6-17;/h1-3,8H,4-7,15H2,(H,16,18);1H. The molecule has 0 saturated carbocycles. The predicted octanol–water partition coefficient (Wildman–Crippen LogP) is 2.39.